The summed E-state index contributed by atoms with van der Waals surface area (Å²) in [6, 6.07) is 14.0. The van der Waals surface area contributed by atoms with Gasteiger partial charge in [0.05, 0.1) is 17.9 Å². The maximum absolute atomic E-state index is 12.5. The zero-order chi connectivity index (χ0) is 22.6. The van der Waals surface area contributed by atoms with Crippen molar-refractivity contribution in [1.29, 1.82) is 0 Å². The Balaban J connectivity index is 1.87. The number of hydrogen-bond acceptors (Lipinski definition) is 4. The molecule has 0 saturated heterocycles. The normalized spacial score (nSPS) is 10.3. The molecule has 2 rings (SSSR count). The van der Waals surface area contributed by atoms with Crippen molar-refractivity contribution in [3.05, 3.63) is 59.7 Å². The van der Waals surface area contributed by atoms with Crippen molar-refractivity contribution >= 4 is 34.8 Å². The number of carbonyl (C=O) groups is 2. The molecule has 0 bridgehead atoms. The number of rotatable bonds is 10. The van der Waals surface area contributed by atoms with E-state index in [9.17, 15) is 9.59 Å². The van der Waals surface area contributed by atoms with Crippen LogP contribution in [0.2, 0.25) is 0 Å². The molecule has 0 aliphatic rings. The van der Waals surface area contributed by atoms with Gasteiger partial charge in [-0.25, -0.2) is 0 Å². The largest absolute Gasteiger partial charge is 0.494 e. The van der Waals surface area contributed by atoms with Gasteiger partial charge in [-0.05, 0) is 55.0 Å². The quantitative estimate of drug-likeness (QED) is 0.407. The van der Waals surface area contributed by atoms with Gasteiger partial charge in [-0.2, -0.15) is 0 Å². The van der Waals surface area contributed by atoms with E-state index in [1.165, 1.54) is 30.6 Å². The molecule has 0 atom stereocenters. The molecule has 166 valence electrons. The minimum absolute atomic E-state index is 0.122. The number of benzene rings is 2. The van der Waals surface area contributed by atoms with Crippen molar-refractivity contribution in [3.63, 3.8) is 0 Å². The predicted molar refractivity (Wildman–Crippen MR) is 129 cm³/mol. The molecule has 0 aromatic heterocycles. The molecular weight excluding hydrogens is 410 g/mol. The number of amides is 2. The average molecular weight is 442 g/mol. The number of ether oxygens (including phenoxy) is 1. The van der Waals surface area contributed by atoms with Gasteiger partial charge >= 0.3 is 0 Å². The van der Waals surface area contributed by atoms with E-state index < -0.39 is 0 Å². The van der Waals surface area contributed by atoms with Gasteiger partial charge < -0.3 is 15.0 Å². The molecular formula is C24H31N3O3S. The molecule has 2 amide bonds. The maximum atomic E-state index is 12.5. The van der Waals surface area contributed by atoms with Gasteiger partial charge in [0.1, 0.15) is 5.75 Å². The van der Waals surface area contributed by atoms with Crippen LogP contribution in [0.5, 0.6) is 5.75 Å². The van der Waals surface area contributed by atoms with E-state index in [4.69, 9.17) is 17.0 Å². The molecule has 0 spiro atoms. The van der Waals surface area contributed by atoms with Crippen LogP contribution in [0.15, 0.2) is 48.5 Å². The highest BCUT2D eigenvalue weighted by molar-refractivity contribution is 7.80. The SMILES string of the molecule is CCCCCCCOc1ccc(C(=O)NC(=S)Nc2ccccc2C(=O)N(C)C)cc1. The Hall–Kier alpha value is -2.93. The molecule has 0 radical (unpaired) electrons. The number of thiocarbonyl (C=S) groups is 1. The first-order chi connectivity index (χ1) is 14.9. The average Bonchev–Trinajstić information content (AvgIpc) is 2.76. The Kier molecular flexibility index (Phi) is 9.97. The molecule has 31 heavy (non-hydrogen) atoms. The molecule has 0 aliphatic heterocycles. The summed E-state index contributed by atoms with van der Waals surface area (Å²) >= 11 is 5.26. The van der Waals surface area contributed by atoms with Crippen LogP contribution in [0.25, 0.3) is 0 Å². The first-order valence-corrected chi connectivity index (χ1v) is 11.0. The van der Waals surface area contributed by atoms with Gasteiger partial charge in [0.2, 0.25) is 0 Å². The Bertz CT molecular complexity index is 882. The topological polar surface area (TPSA) is 70.7 Å². The summed E-state index contributed by atoms with van der Waals surface area (Å²) in [5, 5.41) is 5.70. The van der Waals surface area contributed by atoms with E-state index in [2.05, 4.69) is 17.6 Å². The van der Waals surface area contributed by atoms with Crippen LogP contribution in [0.1, 0.15) is 59.7 Å². The van der Waals surface area contributed by atoms with Gasteiger partial charge in [0.25, 0.3) is 11.8 Å². The van der Waals surface area contributed by atoms with E-state index in [0.29, 0.717) is 23.4 Å². The van der Waals surface area contributed by atoms with E-state index in [0.717, 1.165) is 12.2 Å². The molecule has 0 heterocycles. The van der Waals surface area contributed by atoms with Crippen molar-refractivity contribution in [2.75, 3.05) is 26.0 Å². The summed E-state index contributed by atoms with van der Waals surface area (Å²) in [6.45, 7) is 2.87. The van der Waals surface area contributed by atoms with Gasteiger partial charge in [-0.3, -0.25) is 14.9 Å². The number of hydrogen-bond donors (Lipinski definition) is 2. The fraction of sp³-hybridized carbons (Fsp3) is 0.375. The van der Waals surface area contributed by atoms with Crippen LogP contribution in [-0.4, -0.2) is 42.5 Å². The number of carbonyl (C=O) groups excluding carboxylic acids is 2. The third-order valence-electron chi connectivity index (χ3n) is 4.67. The summed E-state index contributed by atoms with van der Waals surface area (Å²) in [5.41, 5.74) is 1.48. The van der Waals surface area contributed by atoms with Gasteiger partial charge in [0.15, 0.2) is 5.11 Å². The monoisotopic (exact) mass is 441 g/mol. The van der Waals surface area contributed by atoms with E-state index in [1.54, 1.807) is 62.6 Å². The predicted octanol–water partition coefficient (Wildman–Crippen LogP) is 4.86. The number of anilines is 1. The van der Waals surface area contributed by atoms with Crippen LogP contribution < -0.4 is 15.4 Å². The minimum Gasteiger partial charge on any atom is -0.494 e. The first kappa shape index (κ1) is 24.3. The summed E-state index contributed by atoms with van der Waals surface area (Å²) in [4.78, 5) is 26.3. The lowest BCUT2D eigenvalue weighted by Gasteiger charge is -2.16. The van der Waals surface area contributed by atoms with Crippen molar-refractivity contribution in [3.8, 4) is 5.75 Å². The zero-order valence-electron chi connectivity index (χ0n) is 18.4. The van der Waals surface area contributed by atoms with Crippen LogP contribution >= 0.6 is 12.2 Å². The second-order valence-electron chi connectivity index (χ2n) is 7.44. The molecule has 0 saturated carbocycles. The van der Waals surface area contributed by atoms with Gasteiger partial charge in [-0.15, -0.1) is 0 Å². The lowest BCUT2D eigenvalue weighted by atomic mass is 10.1. The zero-order valence-corrected chi connectivity index (χ0v) is 19.3. The lowest BCUT2D eigenvalue weighted by Crippen LogP contribution is -2.35. The number of nitrogens with one attached hydrogen (secondary N) is 2. The highest BCUT2D eigenvalue weighted by atomic mass is 32.1. The molecule has 6 nitrogen and oxygen atoms in total. The summed E-state index contributed by atoms with van der Waals surface area (Å²) < 4.78 is 5.73. The summed E-state index contributed by atoms with van der Waals surface area (Å²) in [5.74, 6) is 0.252. The molecule has 0 fully saturated rings. The second-order valence-corrected chi connectivity index (χ2v) is 7.85. The Morgan fingerprint density at radius 2 is 1.65 bits per heavy atom. The smallest absolute Gasteiger partial charge is 0.257 e. The molecule has 2 aromatic carbocycles. The van der Waals surface area contributed by atoms with E-state index in [-0.39, 0.29) is 16.9 Å². The molecule has 7 heteroatoms. The molecule has 0 aliphatic carbocycles. The first-order valence-electron chi connectivity index (χ1n) is 10.6. The maximum Gasteiger partial charge on any atom is 0.257 e. The standard InChI is InChI=1S/C24H31N3O3S/c1-4-5-6-7-10-17-30-19-15-13-18(14-16-19)22(28)26-24(31)25-21-12-9-8-11-20(21)23(29)27(2)3/h8-9,11-16H,4-7,10,17H2,1-3H3,(H2,25,26,28,31). The Morgan fingerprint density at radius 1 is 0.968 bits per heavy atom. The Morgan fingerprint density at radius 3 is 2.32 bits per heavy atom. The van der Waals surface area contributed by atoms with Gasteiger partial charge in [-0.1, -0.05) is 44.7 Å². The summed E-state index contributed by atoms with van der Waals surface area (Å²) in [7, 11) is 3.36. The molecule has 2 aromatic rings. The fourth-order valence-corrected chi connectivity index (χ4v) is 3.15. The van der Waals surface area contributed by atoms with Crippen molar-refractivity contribution < 1.29 is 14.3 Å². The Labute approximate surface area is 190 Å². The third-order valence-corrected chi connectivity index (χ3v) is 4.88. The van der Waals surface area contributed by atoms with Crippen LogP contribution in [-0.2, 0) is 0 Å². The van der Waals surface area contributed by atoms with Crippen molar-refractivity contribution in [2.24, 2.45) is 0 Å². The van der Waals surface area contributed by atoms with Crippen LogP contribution in [0.4, 0.5) is 5.69 Å². The van der Waals surface area contributed by atoms with E-state index >= 15 is 0 Å². The molecule has 2 N–H and O–H groups in total. The van der Waals surface area contributed by atoms with Crippen LogP contribution in [0.3, 0.4) is 0 Å². The highest BCUT2D eigenvalue weighted by Crippen LogP contribution is 2.17. The molecule has 0 unspecified atom stereocenters. The summed E-state index contributed by atoms with van der Waals surface area (Å²) in [6.07, 6.45) is 5.92. The lowest BCUT2D eigenvalue weighted by molar-refractivity contribution is 0.0828. The van der Waals surface area contributed by atoms with Crippen LogP contribution in [0, 0.1) is 0 Å². The third kappa shape index (κ3) is 8.02. The number of para-hydroxylation sites is 1. The van der Waals surface area contributed by atoms with E-state index in [1.807, 2.05) is 0 Å². The van der Waals surface area contributed by atoms with Gasteiger partial charge in [0, 0.05) is 19.7 Å². The van der Waals surface area contributed by atoms with Crippen molar-refractivity contribution in [2.45, 2.75) is 39.0 Å². The second kappa shape index (κ2) is 12.7. The number of nitrogens with zero attached hydrogens (tertiary/aromatic N) is 1. The number of unbranched alkanes of at least 4 members (excludes halogenated alkanes) is 4. The minimum atomic E-state index is -0.333. The highest BCUT2D eigenvalue weighted by Gasteiger charge is 2.15. The van der Waals surface area contributed by atoms with Crippen molar-refractivity contribution in [1.82, 2.24) is 10.2 Å². The fourth-order valence-electron chi connectivity index (χ4n) is 2.95.